The van der Waals surface area contributed by atoms with Crippen LogP contribution in [0.25, 0.3) is 22.2 Å². The Kier molecular flexibility index (Phi) is 3.10. The Hall–Kier alpha value is -2.07. The van der Waals surface area contributed by atoms with Crippen LogP contribution in [0.3, 0.4) is 0 Å². The number of imidazole rings is 1. The molecule has 0 amide bonds. The molecule has 104 valence electrons. The molecular weight excluding hydrogens is 248 g/mol. The summed E-state index contributed by atoms with van der Waals surface area (Å²) in [6, 6.07) is 8.40. The van der Waals surface area contributed by atoms with E-state index in [0.717, 1.165) is 18.1 Å². The van der Waals surface area contributed by atoms with E-state index in [0.29, 0.717) is 0 Å². The summed E-state index contributed by atoms with van der Waals surface area (Å²) >= 11 is 0. The third kappa shape index (κ3) is 1.84. The summed E-state index contributed by atoms with van der Waals surface area (Å²) in [5, 5.41) is 4.47. The van der Waals surface area contributed by atoms with Gasteiger partial charge in [-0.15, -0.1) is 0 Å². The minimum atomic E-state index is 0.811. The van der Waals surface area contributed by atoms with Gasteiger partial charge in [-0.2, -0.15) is 0 Å². The first-order valence-electron chi connectivity index (χ1n) is 6.88. The molecule has 4 heteroatoms. The first kappa shape index (κ1) is 12.9. The zero-order chi connectivity index (χ0) is 14.3. The van der Waals surface area contributed by atoms with E-state index in [9.17, 15) is 0 Å². The molecule has 0 spiro atoms. The summed E-state index contributed by atoms with van der Waals surface area (Å²) in [6.45, 7) is 4.97. The predicted octanol–water partition coefficient (Wildman–Crippen LogP) is 2.90. The molecule has 4 nitrogen and oxygen atoms in total. The van der Waals surface area contributed by atoms with Crippen molar-refractivity contribution in [2.24, 2.45) is 7.05 Å². The maximum atomic E-state index is 4.79. The average Bonchev–Trinajstić information content (AvgIpc) is 2.89. The van der Waals surface area contributed by atoms with Gasteiger partial charge in [0.25, 0.3) is 0 Å². The van der Waals surface area contributed by atoms with Crippen LogP contribution < -0.4 is 5.32 Å². The molecule has 0 saturated carbocycles. The minimum absolute atomic E-state index is 0.811. The van der Waals surface area contributed by atoms with Gasteiger partial charge in [0.15, 0.2) is 0 Å². The number of para-hydroxylation sites is 1. The largest absolute Gasteiger partial charge is 0.358 e. The Balaban J connectivity index is 2.31. The standard InChI is InChI=1S/C16H20N4/c1-10-15(12-7-5-6-8-13(12)18-10)16-14(9-17-3)20(4)11(2)19-16/h5-8,17-18H,9H2,1-4H3. The second-order valence-corrected chi connectivity index (χ2v) is 5.21. The molecule has 0 atom stereocenters. The van der Waals surface area contributed by atoms with Crippen LogP contribution >= 0.6 is 0 Å². The fraction of sp³-hybridized carbons (Fsp3) is 0.312. The lowest BCUT2D eigenvalue weighted by molar-refractivity contribution is 0.722. The molecule has 0 bridgehead atoms. The van der Waals surface area contributed by atoms with Crippen molar-refractivity contribution in [3.05, 3.63) is 41.5 Å². The number of aromatic nitrogens is 3. The number of hydrogen-bond donors (Lipinski definition) is 2. The van der Waals surface area contributed by atoms with Gasteiger partial charge < -0.3 is 14.9 Å². The van der Waals surface area contributed by atoms with Crippen molar-refractivity contribution >= 4 is 10.9 Å². The number of nitrogens with zero attached hydrogens (tertiary/aromatic N) is 2. The molecule has 0 saturated heterocycles. The maximum Gasteiger partial charge on any atom is 0.106 e. The molecule has 0 aliphatic heterocycles. The molecule has 0 radical (unpaired) electrons. The molecule has 2 aromatic heterocycles. The van der Waals surface area contributed by atoms with Crippen LogP contribution in [0.2, 0.25) is 0 Å². The molecule has 0 fully saturated rings. The molecule has 1 aromatic carbocycles. The van der Waals surface area contributed by atoms with Gasteiger partial charge in [0.1, 0.15) is 5.82 Å². The molecule has 0 aliphatic carbocycles. The van der Waals surface area contributed by atoms with E-state index in [1.54, 1.807) is 0 Å². The van der Waals surface area contributed by atoms with Gasteiger partial charge in [0, 0.05) is 35.8 Å². The first-order valence-corrected chi connectivity index (χ1v) is 6.88. The van der Waals surface area contributed by atoms with Crippen LogP contribution in [0.5, 0.6) is 0 Å². The predicted molar refractivity (Wildman–Crippen MR) is 82.7 cm³/mol. The lowest BCUT2D eigenvalue weighted by atomic mass is 10.1. The quantitative estimate of drug-likeness (QED) is 0.767. The minimum Gasteiger partial charge on any atom is -0.358 e. The van der Waals surface area contributed by atoms with Crippen LogP contribution in [0.15, 0.2) is 24.3 Å². The summed E-state index contributed by atoms with van der Waals surface area (Å²) < 4.78 is 2.16. The summed E-state index contributed by atoms with van der Waals surface area (Å²) in [6.07, 6.45) is 0. The molecular formula is C16H20N4. The van der Waals surface area contributed by atoms with Gasteiger partial charge in [0.05, 0.1) is 11.4 Å². The summed E-state index contributed by atoms with van der Waals surface area (Å²) in [5.74, 6) is 1.04. The van der Waals surface area contributed by atoms with Gasteiger partial charge in [-0.05, 0) is 27.0 Å². The van der Waals surface area contributed by atoms with Crippen molar-refractivity contribution in [1.82, 2.24) is 19.9 Å². The van der Waals surface area contributed by atoms with Crippen molar-refractivity contribution in [3.8, 4) is 11.3 Å². The van der Waals surface area contributed by atoms with Gasteiger partial charge in [-0.3, -0.25) is 0 Å². The van der Waals surface area contributed by atoms with Gasteiger partial charge in [-0.1, -0.05) is 18.2 Å². The number of aryl methyl sites for hydroxylation is 2. The van der Waals surface area contributed by atoms with Crippen LogP contribution in [0.4, 0.5) is 0 Å². The highest BCUT2D eigenvalue weighted by atomic mass is 15.1. The third-order valence-electron chi connectivity index (χ3n) is 3.91. The number of rotatable bonds is 3. The maximum absolute atomic E-state index is 4.79. The van der Waals surface area contributed by atoms with Crippen LogP contribution in [-0.2, 0) is 13.6 Å². The monoisotopic (exact) mass is 268 g/mol. The summed E-state index contributed by atoms with van der Waals surface area (Å²) in [4.78, 5) is 8.24. The normalized spacial score (nSPS) is 11.4. The number of nitrogens with one attached hydrogen (secondary N) is 2. The Labute approximate surface area is 118 Å². The molecule has 0 unspecified atom stereocenters. The molecule has 2 heterocycles. The van der Waals surface area contributed by atoms with E-state index in [1.807, 2.05) is 14.0 Å². The second kappa shape index (κ2) is 4.80. The zero-order valence-corrected chi connectivity index (χ0v) is 12.4. The first-order chi connectivity index (χ1) is 9.63. The van der Waals surface area contributed by atoms with Gasteiger partial charge >= 0.3 is 0 Å². The SMILES string of the molecule is CNCc1c(-c2c(C)[nH]c3ccccc23)nc(C)n1C. The van der Waals surface area contributed by atoms with Crippen LogP contribution in [0, 0.1) is 13.8 Å². The number of fused-ring (bicyclic) bond motifs is 1. The van der Waals surface area contributed by atoms with E-state index in [1.165, 1.54) is 27.9 Å². The van der Waals surface area contributed by atoms with Crippen molar-refractivity contribution in [2.45, 2.75) is 20.4 Å². The highest BCUT2D eigenvalue weighted by Gasteiger charge is 2.18. The number of hydrogen-bond acceptors (Lipinski definition) is 2. The van der Waals surface area contributed by atoms with Crippen molar-refractivity contribution in [2.75, 3.05) is 7.05 Å². The highest BCUT2D eigenvalue weighted by molar-refractivity contribution is 5.97. The van der Waals surface area contributed by atoms with E-state index < -0.39 is 0 Å². The average molecular weight is 268 g/mol. The van der Waals surface area contributed by atoms with Gasteiger partial charge in [0.2, 0.25) is 0 Å². The Morgan fingerprint density at radius 1 is 1.25 bits per heavy atom. The lowest BCUT2D eigenvalue weighted by Crippen LogP contribution is -2.10. The van der Waals surface area contributed by atoms with Crippen molar-refractivity contribution in [1.29, 1.82) is 0 Å². The molecule has 0 aliphatic rings. The second-order valence-electron chi connectivity index (χ2n) is 5.21. The van der Waals surface area contributed by atoms with Gasteiger partial charge in [-0.25, -0.2) is 4.98 Å². The summed E-state index contributed by atoms with van der Waals surface area (Å²) in [5.41, 5.74) is 5.85. The van der Waals surface area contributed by atoms with Crippen LogP contribution in [-0.4, -0.2) is 21.6 Å². The molecule has 20 heavy (non-hydrogen) atoms. The molecule has 2 N–H and O–H groups in total. The lowest BCUT2D eigenvalue weighted by Gasteiger charge is -2.06. The highest BCUT2D eigenvalue weighted by Crippen LogP contribution is 2.33. The van der Waals surface area contributed by atoms with Crippen LogP contribution in [0.1, 0.15) is 17.2 Å². The van der Waals surface area contributed by atoms with Crippen molar-refractivity contribution < 1.29 is 0 Å². The number of aromatic amines is 1. The van der Waals surface area contributed by atoms with E-state index in [2.05, 4.69) is 53.1 Å². The van der Waals surface area contributed by atoms with E-state index in [4.69, 9.17) is 4.98 Å². The fourth-order valence-electron chi connectivity index (χ4n) is 2.81. The number of benzene rings is 1. The Morgan fingerprint density at radius 3 is 2.75 bits per heavy atom. The van der Waals surface area contributed by atoms with E-state index in [-0.39, 0.29) is 0 Å². The fourth-order valence-corrected chi connectivity index (χ4v) is 2.81. The number of H-pyrrole nitrogens is 1. The van der Waals surface area contributed by atoms with E-state index >= 15 is 0 Å². The Bertz CT molecular complexity index is 764. The topological polar surface area (TPSA) is 45.6 Å². The summed E-state index contributed by atoms with van der Waals surface area (Å²) in [7, 11) is 4.04. The molecule has 3 aromatic rings. The Morgan fingerprint density at radius 2 is 2.00 bits per heavy atom. The van der Waals surface area contributed by atoms with Crippen molar-refractivity contribution in [3.63, 3.8) is 0 Å². The third-order valence-corrected chi connectivity index (χ3v) is 3.91. The zero-order valence-electron chi connectivity index (χ0n) is 12.4. The molecule has 3 rings (SSSR count). The smallest absolute Gasteiger partial charge is 0.106 e.